The van der Waals surface area contributed by atoms with Gasteiger partial charge in [0.05, 0.1) is 0 Å². The predicted molar refractivity (Wildman–Crippen MR) is 135 cm³/mol. The second-order valence-corrected chi connectivity index (χ2v) is 11.9. The lowest BCUT2D eigenvalue weighted by atomic mass is 9.49. The highest BCUT2D eigenvalue weighted by Crippen LogP contribution is 2.68. The number of hydrogen-bond acceptors (Lipinski definition) is 3. The molecule has 1 N–H and O–H groups in total. The summed E-state index contributed by atoms with van der Waals surface area (Å²) in [5, 5.41) is 9.46. The van der Waals surface area contributed by atoms with Crippen molar-refractivity contribution in [3.05, 3.63) is 58.9 Å². The number of carbonyl (C=O) groups is 2. The lowest BCUT2D eigenvalue weighted by Crippen LogP contribution is -2.46. The van der Waals surface area contributed by atoms with E-state index in [1.165, 1.54) is 5.57 Å². The Morgan fingerprint density at radius 3 is 2.62 bits per heavy atom. The summed E-state index contributed by atoms with van der Waals surface area (Å²) in [7, 11) is 0. The molecule has 1 saturated carbocycles. The van der Waals surface area contributed by atoms with Crippen molar-refractivity contribution in [1.29, 1.82) is 0 Å². The number of ether oxygens (including phenoxy) is 1. The van der Waals surface area contributed by atoms with Gasteiger partial charge in [-0.3, -0.25) is 4.79 Å². The van der Waals surface area contributed by atoms with E-state index in [4.69, 9.17) is 4.74 Å². The van der Waals surface area contributed by atoms with E-state index in [-0.39, 0.29) is 40.5 Å². The van der Waals surface area contributed by atoms with Crippen molar-refractivity contribution < 1.29 is 19.4 Å². The first-order valence-corrected chi connectivity index (χ1v) is 12.7. The van der Waals surface area contributed by atoms with Crippen molar-refractivity contribution in [1.82, 2.24) is 0 Å². The van der Waals surface area contributed by atoms with E-state index in [1.807, 2.05) is 6.08 Å². The number of aliphatic carboxylic acids is 1. The summed E-state index contributed by atoms with van der Waals surface area (Å²) < 4.78 is 5.46. The van der Waals surface area contributed by atoms with E-state index in [0.717, 1.165) is 31.3 Å². The molecule has 184 valence electrons. The monoisotopic (exact) mass is 464 g/mol. The molecule has 1 fully saturated rings. The molecule has 0 aromatic carbocycles. The minimum absolute atomic E-state index is 0.0561. The van der Waals surface area contributed by atoms with Crippen LogP contribution in [0.1, 0.15) is 80.1 Å². The van der Waals surface area contributed by atoms with Gasteiger partial charge in [-0.1, -0.05) is 57.6 Å². The van der Waals surface area contributed by atoms with Crippen molar-refractivity contribution >= 4 is 11.9 Å². The molecule has 0 aromatic heterocycles. The molecule has 3 aliphatic carbocycles. The van der Waals surface area contributed by atoms with Gasteiger partial charge in [-0.2, -0.15) is 0 Å². The average Bonchev–Trinajstić information content (AvgIpc) is 3.22. The van der Waals surface area contributed by atoms with Gasteiger partial charge in [-0.15, -0.1) is 0 Å². The van der Waals surface area contributed by atoms with Gasteiger partial charge in [0.1, 0.15) is 5.76 Å². The number of hydrogen-bond donors (Lipinski definition) is 1. The molecule has 4 aliphatic rings. The Kier molecular flexibility index (Phi) is 6.11. The third-order valence-electron chi connectivity index (χ3n) is 10.2. The van der Waals surface area contributed by atoms with E-state index < -0.39 is 5.97 Å². The normalized spacial score (nSPS) is 38.9. The fourth-order valence-corrected chi connectivity index (χ4v) is 7.68. The van der Waals surface area contributed by atoms with Crippen molar-refractivity contribution in [2.24, 2.45) is 34.0 Å². The standard InChI is InChI=1S/C30H40O4/c1-18(2)23-9-8-22-24(28(23,5)13-12-26(31)32)10-15-30(7)25(22)11-14-29(30,6)20(4)17-21-16-19(3)27(33)34-21/h8-9,16-17,20,23-24H,1,10-15H2,2-7H3,(H,31,32)/b21-17-/t20-,23+,24-,28+,29+,30-/m1/s1. The average molecular weight is 465 g/mol. The summed E-state index contributed by atoms with van der Waals surface area (Å²) in [4.78, 5) is 23.4. The van der Waals surface area contributed by atoms with Crippen molar-refractivity contribution in [3.63, 3.8) is 0 Å². The number of rotatable bonds is 6. The van der Waals surface area contributed by atoms with Gasteiger partial charge < -0.3 is 9.84 Å². The third kappa shape index (κ3) is 3.65. The molecule has 0 spiro atoms. The summed E-state index contributed by atoms with van der Waals surface area (Å²) in [5.74, 6) is 0.528. The highest BCUT2D eigenvalue weighted by molar-refractivity contribution is 5.92. The van der Waals surface area contributed by atoms with Crippen LogP contribution in [0.4, 0.5) is 0 Å². The molecule has 6 atom stereocenters. The Hall–Kier alpha value is -2.36. The molecule has 4 rings (SSSR count). The molecular weight excluding hydrogens is 424 g/mol. The molecule has 0 amide bonds. The lowest BCUT2D eigenvalue weighted by Gasteiger charge is -2.54. The van der Waals surface area contributed by atoms with Crippen molar-refractivity contribution in [2.45, 2.75) is 80.1 Å². The Balaban J connectivity index is 1.72. The zero-order chi connectivity index (χ0) is 25.1. The summed E-state index contributed by atoms with van der Waals surface area (Å²) in [6.07, 6.45) is 13.8. The van der Waals surface area contributed by atoms with Gasteiger partial charge in [0, 0.05) is 17.9 Å². The maximum absolute atomic E-state index is 11.9. The second-order valence-electron chi connectivity index (χ2n) is 11.9. The molecule has 0 unspecified atom stereocenters. The van der Waals surface area contributed by atoms with Gasteiger partial charge in [0.25, 0.3) is 0 Å². The fraction of sp³-hybridized carbons (Fsp3) is 0.600. The minimum atomic E-state index is -0.724. The number of allylic oxidation sites excluding steroid dienone is 7. The number of fused-ring (bicyclic) bond motifs is 2. The maximum Gasteiger partial charge on any atom is 0.339 e. The van der Waals surface area contributed by atoms with E-state index in [9.17, 15) is 14.7 Å². The Labute approximate surface area is 204 Å². The molecule has 34 heavy (non-hydrogen) atoms. The molecule has 0 bridgehead atoms. The topological polar surface area (TPSA) is 63.6 Å². The van der Waals surface area contributed by atoms with Crippen LogP contribution in [-0.2, 0) is 14.3 Å². The first-order chi connectivity index (χ1) is 15.8. The van der Waals surface area contributed by atoms with Crippen LogP contribution in [0, 0.1) is 34.0 Å². The molecule has 1 aliphatic heterocycles. The van der Waals surface area contributed by atoms with Gasteiger partial charge in [0.15, 0.2) is 0 Å². The highest BCUT2D eigenvalue weighted by Gasteiger charge is 2.58. The molecular formula is C30H40O4. The number of carboxylic acids is 1. The second kappa shape index (κ2) is 8.39. The summed E-state index contributed by atoms with van der Waals surface area (Å²) in [5.41, 5.74) is 4.77. The number of carbonyl (C=O) groups excluding carboxylic acids is 1. The van der Waals surface area contributed by atoms with Gasteiger partial charge in [-0.25, -0.2) is 4.79 Å². The van der Waals surface area contributed by atoms with Crippen LogP contribution >= 0.6 is 0 Å². The SMILES string of the molecule is C=C(C)[C@@H]1C=CC2=C3CC[C@@](C)([C@H](C)/C=C4/C=C(C)C(=O)O4)[C@]3(C)CC[C@H]2[C@@]1(C)CCC(=O)O. The van der Waals surface area contributed by atoms with Crippen molar-refractivity contribution in [3.8, 4) is 0 Å². The van der Waals surface area contributed by atoms with E-state index >= 15 is 0 Å². The first-order valence-electron chi connectivity index (χ1n) is 12.7. The van der Waals surface area contributed by atoms with E-state index in [1.54, 1.807) is 12.5 Å². The number of cyclic esters (lactones) is 1. The van der Waals surface area contributed by atoms with Crippen molar-refractivity contribution in [2.75, 3.05) is 0 Å². The van der Waals surface area contributed by atoms with Crippen LogP contribution in [0.25, 0.3) is 0 Å². The van der Waals surface area contributed by atoms with Crippen LogP contribution in [0.2, 0.25) is 0 Å². The molecule has 4 heteroatoms. The third-order valence-corrected chi connectivity index (χ3v) is 10.2. The van der Waals surface area contributed by atoms with Gasteiger partial charge >= 0.3 is 11.9 Å². The summed E-state index contributed by atoms with van der Waals surface area (Å²) in [6, 6.07) is 0. The fourth-order valence-electron chi connectivity index (χ4n) is 7.68. The zero-order valence-corrected chi connectivity index (χ0v) is 21.7. The molecule has 4 nitrogen and oxygen atoms in total. The Morgan fingerprint density at radius 1 is 1.32 bits per heavy atom. The molecule has 0 saturated heterocycles. The maximum atomic E-state index is 11.9. The molecule has 1 heterocycles. The minimum Gasteiger partial charge on any atom is -0.481 e. The summed E-state index contributed by atoms with van der Waals surface area (Å²) >= 11 is 0. The lowest BCUT2D eigenvalue weighted by molar-refractivity contribution is -0.138. The van der Waals surface area contributed by atoms with E-state index in [2.05, 4.69) is 59.4 Å². The highest BCUT2D eigenvalue weighted by atomic mass is 16.5. The van der Waals surface area contributed by atoms with Gasteiger partial charge in [0.2, 0.25) is 0 Å². The quantitative estimate of drug-likeness (QED) is 0.335. The van der Waals surface area contributed by atoms with Crippen LogP contribution in [-0.4, -0.2) is 17.0 Å². The first kappa shape index (κ1) is 24.8. The molecule has 0 aromatic rings. The zero-order valence-electron chi connectivity index (χ0n) is 21.7. The largest absolute Gasteiger partial charge is 0.481 e. The van der Waals surface area contributed by atoms with Crippen LogP contribution < -0.4 is 0 Å². The number of carboxylic acid groups (broad SMARTS) is 1. The Morgan fingerprint density at radius 2 is 2.03 bits per heavy atom. The number of esters is 1. The van der Waals surface area contributed by atoms with Crippen LogP contribution in [0.3, 0.4) is 0 Å². The predicted octanol–water partition coefficient (Wildman–Crippen LogP) is 7.16. The van der Waals surface area contributed by atoms with Crippen LogP contribution in [0.15, 0.2) is 58.9 Å². The van der Waals surface area contributed by atoms with E-state index in [0.29, 0.717) is 23.7 Å². The van der Waals surface area contributed by atoms with Crippen LogP contribution in [0.5, 0.6) is 0 Å². The Bertz CT molecular complexity index is 1060. The van der Waals surface area contributed by atoms with Gasteiger partial charge in [-0.05, 0) is 91.8 Å². The smallest absolute Gasteiger partial charge is 0.339 e. The molecule has 0 radical (unpaired) electrons. The summed E-state index contributed by atoms with van der Waals surface area (Å²) in [6.45, 7) is 17.5.